The first-order valence-corrected chi connectivity index (χ1v) is 11.3. The summed E-state index contributed by atoms with van der Waals surface area (Å²) in [5, 5.41) is 24.2. The zero-order valence-corrected chi connectivity index (χ0v) is 19.6. The summed E-state index contributed by atoms with van der Waals surface area (Å²) in [6.07, 6.45) is 0.378. The molecule has 10 heteroatoms. The third kappa shape index (κ3) is 9.17. The van der Waals surface area contributed by atoms with Crippen LogP contribution < -0.4 is 10.6 Å². The molecular formula is C22H32N2O7S. The number of hydrogen-bond acceptors (Lipinski definition) is 7. The molecule has 0 spiro atoms. The third-order valence-electron chi connectivity index (χ3n) is 4.84. The summed E-state index contributed by atoms with van der Waals surface area (Å²) in [7, 11) is 2.61. The number of carboxylic acid groups (broad SMARTS) is 1. The van der Waals surface area contributed by atoms with Gasteiger partial charge in [-0.15, -0.1) is 11.8 Å². The second-order valence-electron chi connectivity index (χ2n) is 7.80. The molecule has 1 aromatic rings. The van der Waals surface area contributed by atoms with E-state index >= 15 is 0 Å². The average Bonchev–Trinajstić information content (AvgIpc) is 2.74. The van der Waals surface area contributed by atoms with Gasteiger partial charge in [0.2, 0.25) is 11.8 Å². The number of ether oxygens (including phenoxy) is 1. The van der Waals surface area contributed by atoms with Gasteiger partial charge in [0.15, 0.2) is 0 Å². The Bertz CT molecular complexity index is 783. The number of benzene rings is 1. The first-order valence-electron chi connectivity index (χ1n) is 10.3. The van der Waals surface area contributed by atoms with Crippen LogP contribution in [0.2, 0.25) is 0 Å². The standard InChI is InChI=1S/C22H32N2O7S/c1-13(2)11-14(12-32-16-7-5-15(25)6-8-16)19(22(29)30)21(28)24-17(20(27)23-3)9-10-18(26)31-4/h5-8,13-14,17,19,25H,9-12H2,1-4H3,(H,23,27)(H,24,28)(H,29,30)/t14-,17-,19-/m0/s1. The van der Waals surface area contributed by atoms with Gasteiger partial charge in [-0.3, -0.25) is 19.2 Å². The third-order valence-corrected chi connectivity index (χ3v) is 6.04. The highest BCUT2D eigenvalue weighted by atomic mass is 32.2. The number of amides is 2. The highest BCUT2D eigenvalue weighted by Crippen LogP contribution is 2.30. The predicted octanol–water partition coefficient (Wildman–Crippen LogP) is 2.03. The molecule has 0 aromatic heterocycles. The van der Waals surface area contributed by atoms with E-state index in [0.717, 1.165) is 4.90 Å². The molecule has 0 saturated carbocycles. The Hall–Kier alpha value is -2.75. The molecule has 9 nitrogen and oxygen atoms in total. The summed E-state index contributed by atoms with van der Waals surface area (Å²) in [4.78, 5) is 49.5. The van der Waals surface area contributed by atoms with Crippen molar-refractivity contribution >= 4 is 35.5 Å². The van der Waals surface area contributed by atoms with E-state index in [-0.39, 0.29) is 24.5 Å². The van der Waals surface area contributed by atoms with Gasteiger partial charge in [-0.1, -0.05) is 13.8 Å². The van der Waals surface area contributed by atoms with Gasteiger partial charge in [0.1, 0.15) is 17.7 Å². The fourth-order valence-corrected chi connectivity index (χ4v) is 4.31. The molecule has 32 heavy (non-hydrogen) atoms. The smallest absolute Gasteiger partial charge is 0.316 e. The summed E-state index contributed by atoms with van der Waals surface area (Å²) in [6.45, 7) is 3.89. The highest BCUT2D eigenvalue weighted by molar-refractivity contribution is 7.99. The summed E-state index contributed by atoms with van der Waals surface area (Å²) in [5.74, 6) is -4.34. The monoisotopic (exact) mass is 468 g/mol. The van der Waals surface area contributed by atoms with Crippen molar-refractivity contribution in [2.24, 2.45) is 17.8 Å². The van der Waals surface area contributed by atoms with E-state index in [0.29, 0.717) is 12.2 Å². The molecule has 0 fully saturated rings. The van der Waals surface area contributed by atoms with Crippen molar-refractivity contribution < 1.29 is 34.1 Å². The Labute approximate surface area is 192 Å². The lowest BCUT2D eigenvalue weighted by Crippen LogP contribution is -2.50. The SMILES string of the molecule is CNC(=O)[C@H](CCC(=O)OC)NC(=O)[C@@H](C(=O)O)[C@H](CSc1ccc(O)cc1)CC(C)C. The number of phenolic OH excluding ortho intramolecular Hbond substituents is 1. The summed E-state index contributed by atoms with van der Waals surface area (Å²) in [5.41, 5.74) is 0. The number of aromatic hydroxyl groups is 1. The number of aliphatic carboxylic acids is 1. The Kier molecular flexibility index (Phi) is 11.6. The van der Waals surface area contributed by atoms with E-state index in [1.165, 1.54) is 38.1 Å². The van der Waals surface area contributed by atoms with E-state index < -0.39 is 41.6 Å². The van der Waals surface area contributed by atoms with Crippen LogP contribution >= 0.6 is 11.8 Å². The van der Waals surface area contributed by atoms with Crippen LogP contribution in [0.25, 0.3) is 0 Å². The van der Waals surface area contributed by atoms with Crippen molar-refractivity contribution in [3.63, 3.8) is 0 Å². The molecule has 1 rings (SSSR count). The molecule has 2 amide bonds. The van der Waals surface area contributed by atoms with Crippen molar-refractivity contribution in [2.75, 3.05) is 19.9 Å². The molecule has 0 radical (unpaired) electrons. The van der Waals surface area contributed by atoms with E-state index in [1.807, 2.05) is 13.8 Å². The predicted molar refractivity (Wildman–Crippen MR) is 120 cm³/mol. The Balaban J connectivity index is 3.01. The van der Waals surface area contributed by atoms with Crippen molar-refractivity contribution in [1.82, 2.24) is 10.6 Å². The molecule has 3 atom stereocenters. The first-order chi connectivity index (χ1) is 15.1. The Morgan fingerprint density at radius 3 is 2.22 bits per heavy atom. The van der Waals surface area contributed by atoms with Crippen molar-refractivity contribution in [3.8, 4) is 5.75 Å². The maximum absolute atomic E-state index is 13.0. The van der Waals surface area contributed by atoms with Crippen LogP contribution in [0.1, 0.15) is 33.1 Å². The lowest BCUT2D eigenvalue weighted by Gasteiger charge is -2.26. The number of likely N-dealkylation sites (N-methyl/N-ethyl adjacent to an activating group) is 1. The lowest BCUT2D eigenvalue weighted by molar-refractivity contribution is -0.150. The van der Waals surface area contributed by atoms with Crippen LogP contribution in [0.15, 0.2) is 29.2 Å². The number of carbonyl (C=O) groups is 4. The normalized spacial score (nSPS) is 13.7. The maximum Gasteiger partial charge on any atom is 0.316 e. The molecule has 1 aromatic carbocycles. The average molecular weight is 469 g/mol. The largest absolute Gasteiger partial charge is 0.508 e. The van der Waals surface area contributed by atoms with Gasteiger partial charge in [0, 0.05) is 24.1 Å². The van der Waals surface area contributed by atoms with Gasteiger partial charge in [0.25, 0.3) is 0 Å². The highest BCUT2D eigenvalue weighted by Gasteiger charge is 2.37. The van der Waals surface area contributed by atoms with Crippen molar-refractivity contribution in [2.45, 2.75) is 44.0 Å². The molecule has 178 valence electrons. The summed E-state index contributed by atoms with van der Waals surface area (Å²) >= 11 is 1.39. The van der Waals surface area contributed by atoms with Crippen LogP contribution in [0.3, 0.4) is 0 Å². The molecule has 0 saturated heterocycles. The second-order valence-corrected chi connectivity index (χ2v) is 8.89. The van der Waals surface area contributed by atoms with Gasteiger partial charge >= 0.3 is 11.9 Å². The summed E-state index contributed by atoms with van der Waals surface area (Å²) < 4.78 is 4.57. The topological polar surface area (TPSA) is 142 Å². The Morgan fingerprint density at radius 1 is 1.09 bits per heavy atom. The van der Waals surface area contributed by atoms with Crippen LogP contribution in [-0.4, -0.2) is 59.9 Å². The first kappa shape index (κ1) is 27.3. The van der Waals surface area contributed by atoms with Gasteiger partial charge < -0.3 is 25.6 Å². The second kappa shape index (κ2) is 13.6. The number of nitrogens with one attached hydrogen (secondary N) is 2. The number of hydrogen-bond donors (Lipinski definition) is 4. The van der Waals surface area contributed by atoms with Crippen LogP contribution in [0.5, 0.6) is 5.75 Å². The number of rotatable bonds is 13. The number of methoxy groups -OCH3 is 1. The number of phenols is 1. The Morgan fingerprint density at radius 2 is 1.72 bits per heavy atom. The molecule has 0 heterocycles. The number of esters is 1. The lowest BCUT2D eigenvalue weighted by atomic mass is 9.86. The zero-order chi connectivity index (χ0) is 24.3. The van der Waals surface area contributed by atoms with Crippen LogP contribution in [0, 0.1) is 17.8 Å². The quantitative estimate of drug-likeness (QED) is 0.196. The summed E-state index contributed by atoms with van der Waals surface area (Å²) in [6, 6.07) is 5.46. The molecule has 0 aliphatic rings. The molecule has 0 aliphatic heterocycles. The zero-order valence-electron chi connectivity index (χ0n) is 18.8. The molecular weight excluding hydrogens is 436 g/mol. The number of carbonyl (C=O) groups excluding carboxylic acids is 3. The van der Waals surface area contributed by atoms with Crippen LogP contribution in [-0.2, 0) is 23.9 Å². The van der Waals surface area contributed by atoms with Crippen molar-refractivity contribution in [1.29, 1.82) is 0 Å². The van der Waals surface area contributed by atoms with Gasteiger partial charge in [-0.05, 0) is 48.9 Å². The van der Waals surface area contributed by atoms with Crippen molar-refractivity contribution in [3.05, 3.63) is 24.3 Å². The van der Waals surface area contributed by atoms with Crippen LogP contribution in [0.4, 0.5) is 0 Å². The molecule has 4 N–H and O–H groups in total. The number of carboxylic acids is 1. The fourth-order valence-electron chi connectivity index (χ4n) is 3.25. The van der Waals surface area contributed by atoms with Gasteiger partial charge in [-0.25, -0.2) is 0 Å². The van der Waals surface area contributed by atoms with Gasteiger partial charge in [0.05, 0.1) is 7.11 Å². The maximum atomic E-state index is 13.0. The minimum Gasteiger partial charge on any atom is -0.508 e. The fraction of sp³-hybridized carbons (Fsp3) is 0.545. The minimum absolute atomic E-state index is 0.0124. The number of thioether (sulfide) groups is 1. The molecule has 0 bridgehead atoms. The molecule has 0 unspecified atom stereocenters. The van der Waals surface area contributed by atoms with E-state index in [9.17, 15) is 29.4 Å². The van der Waals surface area contributed by atoms with Gasteiger partial charge in [-0.2, -0.15) is 0 Å². The van der Waals surface area contributed by atoms with E-state index in [4.69, 9.17) is 0 Å². The minimum atomic E-state index is -1.37. The molecule has 0 aliphatic carbocycles. The van der Waals surface area contributed by atoms with E-state index in [1.54, 1.807) is 12.1 Å². The van der Waals surface area contributed by atoms with E-state index in [2.05, 4.69) is 15.4 Å².